The Morgan fingerprint density at radius 1 is 1.50 bits per heavy atom. The van der Waals surface area contributed by atoms with Crippen LogP contribution in [0.1, 0.15) is 18.4 Å². The molecule has 0 bridgehead atoms. The molecule has 16 heavy (non-hydrogen) atoms. The molecule has 0 unspecified atom stereocenters. The van der Waals surface area contributed by atoms with Crippen molar-refractivity contribution in [2.45, 2.75) is 24.2 Å². The van der Waals surface area contributed by atoms with Crippen molar-refractivity contribution in [1.82, 2.24) is 0 Å². The molecule has 0 aromatic carbocycles. The molecule has 0 amide bonds. The van der Waals surface area contributed by atoms with Gasteiger partial charge >= 0.3 is 5.97 Å². The third-order valence-electron chi connectivity index (χ3n) is 2.06. The lowest BCUT2D eigenvalue weighted by Gasteiger charge is -2.01. The maximum absolute atomic E-state index is 11.2. The van der Waals surface area contributed by atoms with Crippen molar-refractivity contribution in [2.75, 3.05) is 7.11 Å². The number of nitrogens with two attached hydrogens (primary N) is 1. The van der Waals surface area contributed by atoms with Crippen LogP contribution in [0.15, 0.2) is 15.7 Å². The van der Waals surface area contributed by atoms with Crippen molar-refractivity contribution >= 4 is 27.3 Å². The van der Waals surface area contributed by atoms with E-state index in [2.05, 4.69) is 4.74 Å². The molecule has 1 aromatic heterocycles. The first-order chi connectivity index (χ1) is 7.45. The lowest BCUT2D eigenvalue weighted by Crippen LogP contribution is -2.13. The first-order valence-corrected chi connectivity index (χ1v) is 7.08. The molecule has 0 radical (unpaired) electrons. The molecular weight excluding hydrogens is 250 g/mol. The standard InChI is InChI=1S/C9H13NO4S2/c1-14-9(11)4-2-3-7-5-15-6-8(7)16(10,12)13/h5-6H,2-4H2,1H3,(H2,10,12,13). The molecule has 0 fully saturated rings. The molecule has 90 valence electrons. The molecule has 5 nitrogen and oxygen atoms in total. The van der Waals surface area contributed by atoms with Gasteiger partial charge < -0.3 is 4.74 Å². The van der Waals surface area contributed by atoms with Gasteiger partial charge in [0, 0.05) is 11.8 Å². The summed E-state index contributed by atoms with van der Waals surface area (Å²) >= 11 is 1.28. The molecule has 1 heterocycles. The van der Waals surface area contributed by atoms with Gasteiger partial charge in [-0.1, -0.05) is 0 Å². The number of carbonyl (C=O) groups excluding carboxylic acids is 1. The average Bonchev–Trinajstić information content (AvgIpc) is 2.65. The van der Waals surface area contributed by atoms with Crippen molar-refractivity contribution < 1.29 is 17.9 Å². The molecule has 0 aliphatic heterocycles. The van der Waals surface area contributed by atoms with Crippen molar-refractivity contribution in [3.63, 3.8) is 0 Å². The zero-order valence-electron chi connectivity index (χ0n) is 8.80. The second kappa shape index (κ2) is 5.42. The normalized spacial score (nSPS) is 11.4. The molecule has 2 N–H and O–H groups in total. The summed E-state index contributed by atoms with van der Waals surface area (Å²) in [6.07, 6.45) is 1.33. The van der Waals surface area contributed by atoms with Crippen LogP contribution in [0.25, 0.3) is 0 Å². The quantitative estimate of drug-likeness (QED) is 0.799. The molecule has 0 aliphatic rings. The van der Waals surface area contributed by atoms with Crippen molar-refractivity contribution in [3.8, 4) is 0 Å². The van der Waals surface area contributed by atoms with Gasteiger partial charge in [-0.3, -0.25) is 4.79 Å². The van der Waals surface area contributed by atoms with E-state index in [-0.39, 0.29) is 17.3 Å². The highest BCUT2D eigenvalue weighted by Crippen LogP contribution is 2.21. The summed E-state index contributed by atoms with van der Waals surface area (Å²) in [6.45, 7) is 0. The first-order valence-electron chi connectivity index (χ1n) is 4.60. The minimum Gasteiger partial charge on any atom is -0.469 e. The zero-order valence-corrected chi connectivity index (χ0v) is 10.4. The zero-order chi connectivity index (χ0) is 12.2. The summed E-state index contributed by atoms with van der Waals surface area (Å²) in [5.41, 5.74) is 0.663. The van der Waals surface area contributed by atoms with Gasteiger partial charge in [0.25, 0.3) is 0 Å². The van der Waals surface area contributed by atoms with Crippen LogP contribution >= 0.6 is 11.3 Å². The second-order valence-electron chi connectivity index (χ2n) is 3.24. The fraction of sp³-hybridized carbons (Fsp3) is 0.444. The fourth-order valence-electron chi connectivity index (χ4n) is 1.27. The third-order valence-corrected chi connectivity index (χ3v) is 4.00. The topological polar surface area (TPSA) is 86.5 Å². The highest BCUT2D eigenvalue weighted by atomic mass is 32.2. The van der Waals surface area contributed by atoms with E-state index in [0.717, 1.165) is 0 Å². The van der Waals surface area contributed by atoms with Crippen LogP contribution in [-0.4, -0.2) is 21.5 Å². The summed E-state index contributed by atoms with van der Waals surface area (Å²) in [5.74, 6) is -0.299. The van der Waals surface area contributed by atoms with Gasteiger partial charge in [0.1, 0.15) is 0 Å². The van der Waals surface area contributed by atoms with E-state index in [1.807, 2.05) is 0 Å². The van der Waals surface area contributed by atoms with Crippen molar-refractivity contribution in [2.24, 2.45) is 5.14 Å². The lowest BCUT2D eigenvalue weighted by molar-refractivity contribution is -0.140. The predicted octanol–water partition coefficient (Wildman–Crippen LogP) is 0.891. The number of primary sulfonamides is 1. The highest BCUT2D eigenvalue weighted by molar-refractivity contribution is 7.89. The van der Waals surface area contributed by atoms with E-state index in [1.54, 1.807) is 5.38 Å². The Labute approximate surface area is 98.3 Å². The molecule has 1 aromatic rings. The van der Waals surface area contributed by atoms with E-state index in [4.69, 9.17) is 5.14 Å². The Hall–Kier alpha value is -0.920. The summed E-state index contributed by atoms with van der Waals surface area (Å²) < 4.78 is 26.8. The molecule has 1 rings (SSSR count). The number of aryl methyl sites for hydroxylation is 1. The number of carbonyl (C=O) groups is 1. The number of rotatable bonds is 5. The number of hydrogen-bond donors (Lipinski definition) is 1. The number of hydrogen-bond acceptors (Lipinski definition) is 5. The first kappa shape index (κ1) is 13.1. The number of esters is 1. The monoisotopic (exact) mass is 263 g/mol. The number of ether oxygens (including phenoxy) is 1. The van der Waals surface area contributed by atoms with E-state index in [0.29, 0.717) is 18.4 Å². The van der Waals surface area contributed by atoms with Gasteiger partial charge in [-0.05, 0) is 23.8 Å². The largest absolute Gasteiger partial charge is 0.469 e. The van der Waals surface area contributed by atoms with E-state index in [9.17, 15) is 13.2 Å². The number of methoxy groups -OCH3 is 1. The minimum absolute atomic E-state index is 0.155. The maximum atomic E-state index is 11.2. The second-order valence-corrected chi connectivity index (χ2v) is 5.51. The van der Waals surface area contributed by atoms with Crippen LogP contribution < -0.4 is 5.14 Å². The molecule has 0 aliphatic carbocycles. The van der Waals surface area contributed by atoms with Crippen LogP contribution in [0.2, 0.25) is 0 Å². The predicted molar refractivity (Wildman–Crippen MR) is 60.6 cm³/mol. The van der Waals surface area contributed by atoms with Crippen molar-refractivity contribution in [3.05, 3.63) is 16.3 Å². The summed E-state index contributed by atoms with van der Waals surface area (Å²) in [6, 6.07) is 0. The van der Waals surface area contributed by atoms with Gasteiger partial charge in [0.2, 0.25) is 10.0 Å². The Kier molecular flexibility index (Phi) is 4.45. The maximum Gasteiger partial charge on any atom is 0.305 e. The lowest BCUT2D eigenvalue weighted by atomic mass is 10.1. The van der Waals surface area contributed by atoms with Gasteiger partial charge in [-0.15, -0.1) is 0 Å². The summed E-state index contributed by atoms with van der Waals surface area (Å²) in [4.78, 5) is 11.0. The SMILES string of the molecule is COC(=O)CCCc1cscc1S(N)(=O)=O. The van der Waals surface area contributed by atoms with Gasteiger partial charge in [-0.25, -0.2) is 13.6 Å². The minimum atomic E-state index is -3.65. The Bertz CT molecular complexity index is 464. The molecule has 0 saturated carbocycles. The van der Waals surface area contributed by atoms with E-state index < -0.39 is 10.0 Å². The molecule has 0 atom stereocenters. The van der Waals surface area contributed by atoms with Gasteiger partial charge in [0.15, 0.2) is 0 Å². The van der Waals surface area contributed by atoms with Gasteiger partial charge in [0.05, 0.1) is 12.0 Å². The molecule has 0 spiro atoms. The molecular formula is C9H13NO4S2. The van der Waals surface area contributed by atoms with E-state index >= 15 is 0 Å². The highest BCUT2D eigenvalue weighted by Gasteiger charge is 2.14. The molecule has 0 saturated heterocycles. The van der Waals surface area contributed by atoms with Crippen LogP contribution in [0.3, 0.4) is 0 Å². The van der Waals surface area contributed by atoms with Crippen LogP contribution in [0.4, 0.5) is 0 Å². The van der Waals surface area contributed by atoms with Gasteiger partial charge in [-0.2, -0.15) is 11.3 Å². The Morgan fingerprint density at radius 2 is 2.19 bits per heavy atom. The van der Waals surface area contributed by atoms with Crippen molar-refractivity contribution in [1.29, 1.82) is 0 Å². The molecule has 7 heteroatoms. The number of sulfonamides is 1. The van der Waals surface area contributed by atoms with E-state index in [1.165, 1.54) is 23.8 Å². The Morgan fingerprint density at radius 3 is 2.75 bits per heavy atom. The summed E-state index contributed by atoms with van der Waals surface area (Å²) in [5, 5.41) is 8.28. The van der Waals surface area contributed by atoms with Crippen LogP contribution in [0.5, 0.6) is 0 Å². The van der Waals surface area contributed by atoms with Crippen LogP contribution in [-0.2, 0) is 26.0 Å². The fourth-order valence-corrected chi connectivity index (χ4v) is 3.33. The smallest absolute Gasteiger partial charge is 0.305 e. The summed E-state index contributed by atoms with van der Waals surface area (Å²) in [7, 11) is -2.33. The average molecular weight is 263 g/mol. The number of thiophene rings is 1. The third kappa shape index (κ3) is 3.58. The van der Waals surface area contributed by atoms with Crippen LogP contribution in [0, 0.1) is 0 Å². The Balaban J connectivity index is 2.62.